The van der Waals surface area contributed by atoms with Gasteiger partial charge in [-0.05, 0) is 14.1 Å². The smallest absolute Gasteiger partial charge is 0 e. The van der Waals surface area contributed by atoms with E-state index >= 15 is 0 Å². The predicted molar refractivity (Wildman–Crippen MR) is 130 cm³/mol. The number of nitrogens with two attached hydrogens (primary N) is 2. The van der Waals surface area contributed by atoms with Crippen LogP contribution in [0.1, 0.15) is 13.8 Å². The second-order valence-corrected chi connectivity index (χ2v) is 3.46. The van der Waals surface area contributed by atoms with Crippen molar-refractivity contribution in [3.63, 3.8) is 0 Å². The zero-order valence-electron chi connectivity index (χ0n) is 19.7. The van der Waals surface area contributed by atoms with Crippen molar-refractivity contribution in [1.82, 2.24) is 0 Å². The second kappa shape index (κ2) is 63.0. The third-order valence-corrected chi connectivity index (χ3v) is 2.00. The van der Waals surface area contributed by atoms with Gasteiger partial charge >= 0.3 is 0 Å². The maximum absolute atomic E-state index is 4.50. The molecule has 3 rings (SSSR count). The fourth-order valence-electron chi connectivity index (χ4n) is 1.15. The molecule has 0 aliphatic carbocycles. The maximum Gasteiger partial charge on any atom is 0 e. The number of hydrogen-bond acceptors (Lipinski definition) is 2. The summed E-state index contributed by atoms with van der Waals surface area (Å²) in [6, 6.07) is 36.0. The predicted octanol–water partition coefficient (Wildman–Crippen LogP) is 6.58. The van der Waals surface area contributed by atoms with Crippen molar-refractivity contribution in [3.8, 4) is 0 Å². The van der Waals surface area contributed by atoms with Crippen LogP contribution >= 0.6 is 0 Å². The molecule has 0 bridgehead atoms. The van der Waals surface area contributed by atoms with Gasteiger partial charge in [-0.1, -0.05) is 123 Å². The van der Waals surface area contributed by atoms with Gasteiger partial charge in [0.2, 0.25) is 0 Å². The molecule has 0 aliphatic rings. The zero-order valence-corrected chi connectivity index (χ0v) is 25.4. The Morgan fingerprint density at radius 2 is 0.310 bits per heavy atom. The van der Waals surface area contributed by atoms with E-state index in [1.54, 1.807) is 0 Å². The average Bonchev–Trinajstić information content (AvgIpc) is 2.77. The zero-order chi connectivity index (χ0) is 18.7. The molecule has 0 atom stereocenters. The first-order valence-corrected chi connectivity index (χ1v) is 8.15. The van der Waals surface area contributed by atoms with E-state index in [1.165, 1.54) is 14.1 Å². The molecule has 0 saturated heterocycles. The molecule has 2 radical (unpaired) electrons. The van der Waals surface area contributed by atoms with Gasteiger partial charge in [0.05, 0.1) is 0 Å². The van der Waals surface area contributed by atoms with Crippen molar-refractivity contribution in [3.05, 3.63) is 131 Å². The third-order valence-electron chi connectivity index (χ3n) is 2.00. The molecule has 0 aromatic heterocycles. The van der Waals surface area contributed by atoms with Gasteiger partial charge in [0, 0.05) is 65.4 Å². The average molecular weight is 549 g/mol. The SMILES string of the molecule is CC.CN.CN.[CH3-].[CH3-].[CH3-].[Y].[Y].c1ccccc1.c1ccccc1.c1ccccc1. The molecule has 162 valence electrons. The monoisotopic (exact) mass is 549 g/mol. The fraction of sp³-hybridized carbons (Fsp3) is 0.160. The van der Waals surface area contributed by atoms with Gasteiger partial charge in [-0.15, -0.1) is 0 Å². The van der Waals surface area contributed by atoms with Crippen molar-refractivity contribution in [2.24, 2.45) is 11.5 Å². The Bertz CT molecular complexity index is 312. The van der Waals surface area contributed by atoms with Crippen LogP contribution in [0.3, 0.4) is 0 Å². The Balaban J connectivity index is -0.0000000313. The molecule has 0 spiro atoms. The van der Waals surface area contributed by atoms with Gasteiger partial charge in [-0.25, -0.2) is 0 Å². The van der Waals surface area contributed by atoms with Crippen molar-refractivity contribution in [1.29, 1.82) is 0 Å². The minimum atomic E-state index is 0. The molecule has 29 heavy (non-hydrogen) atoms. The molecule has 0 saturated carbocycles. The standard InChI is InChI=1S/3C6H6.C2H6.2CH5N.3CH3.2Y/c3*1-2-4-6-5-3-1;3*1-2;;;;;/h3*1-6H;1-2H3;2*2H2,1H3;3*1H3;;/q;;;;;;3*-1;;. The Morgan fingerprint density at radius 1 is 0.276 bits per heavy atom. The summed E-state index contributed by atoms with van der Waals surface area (Å²) in [5, 5.41) is 0. The van der Waals surface area contributed by atoms with Gasteiger partial charge in [-0.2, -0.15) is 0 Å². The summed E-state index contributed by atoms with van der Waals surface area (Å²) < 4.78 is 0. The Hall–Kier alpha value is -0.212. The van der Waals surface area contributed by atoms with Crippen LogP contribution in [0.25, 0.3) is 0 Å². The summed E-state index contributed by atoms with van der Waals surface area (Å²) in [5.41, 5.74) is 9.00. The van der Waals surface area contributed by atoms with Crippen LogP contribution in [0.5, 0.6) is 0 Å². The van der Waals surface area contributed by atoms with Gasteiger partial charge in [0.15, 0.2) is 0 Å². The van der Waals surface area contributed by atoms with Crippen LogP contribution in [0.2, 0.25) is 0 Å². The Morgan fingerprint density at radius 3 is 0.345 bits per heavy atom. The molecule has 0 heterocycles. The minimum Gasteiger partial charge on any atom is -0.358 e. The van der Waals surface area contributed by atoms with E-state index in [2.05, 4.69) is 11.5 Å². The van der Waals surface area contributed by atoms with E-state index in [0.29, 0.717) is 0 Å². The molecule has 0 aliphatic heterocycles. The molecular weight excluding hydrogens is 506 g/mol. The molecule has 0 fully saturated rings. The summed E-state index contributed by atoms with van der Waals surface area (Å²) in [4.78, 5) is 0. The summed E-state index contributed by atoms with van der Waals surface area (Å²) >= 11 is 0. The largest absolute Gasteiger partial charge is 0.358 e. The molecule has 2 nitrogen and oxygen atoms in total. The topological polar surface area (TPSA) is 52.0 Å². The van der Waals surface area contributed by atoms with E-state index in [9.17, 15) is 0 Å². The van der Waals surface area contributed by atoms with Crippen LogP contribution in [-0.2, 0) is 65.4 Å². The first-order chi connectivity index (χ1) is 12.0. The molecular formula is C25H43N2Y2-3. The first kappa shape index (κ1) is 51.4. The van der Waals surface area contributed by atoms with Crippen LogP contribution in [0, 0.1) is 22.3 Å². The van der Waals surface area contributed by atoms with Crippen LogP contribution in [0.4, 0.5) is 0 Å². The van der Waals surface area contributed by atoms with E-state index < -0.39 is 0 Å². The van der Waals surface area contributed by atoms with E-state index in [4.69, 9.17) is 0 Å². The molecule has 0 amide bonds. The second-order valence-electron chi connectivity index (χ2n) is 3.46. The quantitative estimate of drug-likeness (QED) is 0.311. The van der Waals surface area contributed by atoms with Crippen LogP contribution < -0.4 is 11.5 Å². The van der Waals surface area contributed by atoms with Crippen LogP contribution in [0.15, 0.2) is 109 Å². The van der Waals surface area contributed by atoms with Crippen molar-refractivity contribution in [2.75, 3.05) is 14.1 Å². The third kappa shape index (κ3) is 58.4. The Labute approximate surface area is 234 Å². The molecule has 3 aromatic rings. The molecule has 4 heteroatoms. The van der Waals surface area contributed by atoms with E-state index in [-0.39, 0.29) is 87.7 Å². The van der Waals surface area contributed by atoms with Crippen molar-refractivity contribution < 1.29 is 65.4 Å². The normalized spacial score (nSPS) is 5.59. The molecule has 4 N–H and O–H groups in total. The van der Waals surface area contributed by atoms with E-state index in [0.717, 1.165) is 0 Å². The van der Waals surface area contributed by atoms with Gasteiger partial charge in [0.25, 0.3) is 0 Å². The first-order valence-electron chi connectivity index (χ1n) is 8.15. The van der Waals surface area contributed by atoms with Crippen molar-refractivity contribution in [2.45, 2.75) is 13.8 Å². The van der Waals surface area contributed by atoms with E-state index in [1.807, 2.05) is 123 Å². The minimum absolute atomic E-state index is 0. The number of rotatable bonds is 0. The summed E-state index contributed by atoms with van der Waals surface area (Å²) in [5.74, 6) is 0. The van der Waals surface area contributed by atoms with Gasteiger partial charge in [0.1, 0.15) is 0 Å². The van der Waals surface area contributed by atoms with Gasteiger partial charge in [-0.3, -0.25) is 0 Å². The number of hydrogen-bond donors (Lipinski definition) is 2. The van der Waals surface area contributed by atoms with Gasteiger partial charge < -0.3 is 33.7 Å². The van der Waals surface area contributed by atoms with Crippen molar-refractivity contribution >= 4 is 0 Å². The molecule has 3 aromatic carbocycles. The number of benzene rings is 3. The Kier molecular flexibility index (Phi) is 112. The molecule has 0 unspecified atom stereocenters. The summed E-state index contributed by atoms with van der Waals surface area (Å²) in [6.45, 7) is 4.00. The summed E-state index contributed by atoms with van der Waals surface area (Å²) in [7, 11) is 3.00. The van der Waals surface area contributed by atoms with Crippen LogP contribution in [-0.4, -0.2) is 14.1 Å². The summed E-state index contributed by atoms with van der Waals surface area (Å²) in [6.07, 6.45) is 0. The maximum atomic E-state index is 4.50. The fourth-order valence-corrected chi connectivity index (χ4v) is 1.15.